The van der Waals surface area contributed by atoms with E-state index in [1.54, 1.807) is 13.0 Å². The Morgan fingerprint density at radius 2 is 1.81 bits per heavy atom. The first-order chi connectivity index (χ1) is 10.1. The van der Waals surface area contributed by atoms with Crippen LogP contribution < -0.4 is 5.32 Å². The third-order valence-corrected chi connectivity index (χ3v) is 5.00. The van der Waals surface area contributed by atoms with E-state index in [-0.39, 0.29) is 0 Å². The van der Waals surface area contributed by atoms with Gasteiger partial charge in [0.25, 0.3) is 0 Å². The summed E-state index contributed by atoms with van der Waals surface area (Å²) in [5.41, 5.74) is 1.57. The molecule has 3 heteroatoms. The Morgan fingerprint density at radius 1 is 1.10 bits per heavy atom. The Labute approximate surface area is 127 Å². The van der Waals surface area contributed by atoms with Gasteiger partial charge in [0.1, 0.15) is 11.6 Å². The molecule has 1 aliphatic carbocycles. The van der Waals surface area contributed by atoms with Gasteiger partial charge in [-0.3, -0.25) is 0 Å². The molecule has 1 nitrogen and oxygen atoms in total. The average molecular weight is 295 g/mol. The zero-order valence-electron chi connectivity index (χ0n) is 13.3. The second-order valence-electron chi connectivity index (χ2n) is 6.50. The predicted octanol–water partition coefficient (Wildman–Crippen LogP) is 4.77. The molecule has 0 radical (unpaired) electrons. The molecule has 0 heterocycles. The number of hydrogen-bond donors (Lipinski definition) is 1. The monoisotopic (exact) mass is 295 g/mol. The lowest BCUT2D eigenvalue weighted by atomic mass is 9.77. The van der Waals surface area contributed by atoms with E-state index in [4.69, 9.17) is 0 Å². The normalized spacial score (nSPS) is 17.3. The minimum atomic E-state index is -0.445. The van der Waals surface area contributed by atoms with Crippen LogP contribution in [0.5, 0.6) is 0 Å². The van der Waals surface area contributed by atoms with Crippen LogP contribution >= 0.6 is 0 Å². The van der Waals surface area contributed by atoms with Crippen molar-refractivity contribution < 1.29 is 8.78 Å². The SMILES string of the molecule is CCNCCC1(CCc2cc(C)c(F)cc2F)CCCC1. The molecule has 1 aromatic rings. The summed E-state index contributed by atoms with van der Waals surface area (Å²) in [6.07, 6.45) is 7.98. The molecule has 0 amide bonds. The lowest BCUT2D eigenvalue weighted by Crippen LogP contribution is -2.25. The zero-order chi connectivity index (χ0) is 15.3. The van der Waals surface area contributed by atoms with E-state index in [0.29, 0.717) is 16.5 Å². The molecule has 1 saturated carbocycles. The van der Waals surface area contributed by atoms with Gasteiger partial charge in [-0.2, -0.15) is 0 Å². The highest BCUT2D eigenvalue weighted by molar-refractivity contribution is 5.26. The summed E-state index contributed by atoms with van der Waals surface area (Å²) in [6, 6.07) is 2.71. The number of hydrogen-bond acceptors (Lipinski definition) is 1. The Kier molecular flexibility index (Phi) is 5.74. The number of nitrogens with one attached hydrogen (secondary N) is 1. The fourth-order valence-corrected chi connectivity index (χ4v) is 3.59. The van der Waals surface area contributed by atoms with Crippen molar-refractivity contribution >= 4 is 0 Å². The molecule has 118 valence electrons. The fraction of sp³-hybridized carbons (Fsp3) is 0.667. The molecule has 0 aliphatic heterocycles. The molecule has 1 fully saturated rings. The molecule has 0 atom stereocenters. The van der Waals surface area contributed by atoms with Gasteiger partial charge in [-0.15, -0.1) is 0 Å². The van der Waals surface area contributed by atoms with Crippen molar-refractivity contribution in [3.05, 3.63) is 34.9 Å². The maximum absolute atomic E-state index is 13.9. The smallest absolute Gasteiger partial charge is 0.129 e. The van der Waals surface area contributed by atoms with Crippen LogP contribution in [-0.2, 0) is 6.42 Å². The van der Waals surface area contributed by atoms with Crippen LogP contribution in [0.3, 0.4) is 0 Å². The molecule has 0 aromatic heterocycles. The van der Waals surface area contributed by atoms with Gasteiger partial charge in [-0.25, -0.2) is 8.78 Å². The molecule has 0 bridgehead atoms. The van der Waals surface area contributed by atoms with Crippen molar-refractivity contribution in [3.8, 4) is 0 Å². The molecular formula is C18H27F2N. The average Bonchev–Trinajstić information content (AvgIpc) is 2.91. The van der Waals surface area contributed by atoms with Gasteiger partial charge in [-0.05, 0) is 68.7 Å². The van der Waals surface area contributed by atoms with Gasteiger partial charge in [0.15, 0.2) is 0 Å². The van der Waals surface area contributed by atoms with E-state index in [2.05, 4.69) is 12.2 Å². The van der Waals surface area contributed by atoms with E-state index in [1.807, 2.05) is 0 Å². The van der Waals surface area contributed by atoms with Crippen molar-refractivity contribution in [1.29, 1.82) is 0 Å². The van der Waals surface area contributed by atoms with E-state index in [1.165, 1.54) is 32.1 Å². The number of halogens is 2. The van der Waals surface area contributed by atoms with Crippen LogP contribution in [0.4, 0.5) is 8.78 Å². The number of aryl methyl sites for hydroxylation is 2. The molecule has 1 N–H and O–H groups in total. The lowest BCUT2D eigenvalue weighted by molar-refractivity contribution is 0.245. The van der Waals surface area contributed by atoms with Crippen LogP contribution in [0.25, 0.3) is 0 Å². The molecule has 0 saturated heterocycles. The Hall–Kier alpha value is -0.960. The van der Waals surface area contributed by atoms with Gasteiger partial charge >= 0.3 is 0 Å². The Balaban J connectivity index is 2.00. The van der Waals surface area contributed by atoms with Crippen LogP contribution in [-0.4, -0.2) is 13.1 Å². The quantitative estimate of drug-likeness (QED) is 0.715. The minimum absolute atomic E-state index is 0.358. The highest BCUT2D eigenvalue weighted by atomic mass is 19.1. The molecular weight excluding hydrogens is 268 g/mol. The summed E-state index contributed by atoms with van der Waals surface area (Å²) < 4.78 is 27.2. The summed E-state index contributed by atoms with van der Waals surface area (Å²) in [4.78, 5) is 0. The highest BCUT2D eigenvalue weighted by Gasteiger charge is 2.33. The van der Waals surface area contributed by atoms with E-state index in [9.17, 15) is 8.78 Å². The second kappa shape index (κ2) is 7.35. The summed E-state index contributed by atoms with van der Waals surface area (Å²) >= 11 is 0. The summed E-state index contributed by atoms with van der Waals surface area (Å²) in [5, 5.41) is 3.40. The minimum Gasteiger partial charge on any atom is -0.317 e. The van der Waals surface area contributed by atoms with Gasteiger partial charge in [-0.1, -0.05) is 25.8 Å². The third-order valence-electron chi connectivity index (χ3n) is 5.00. The van der Waals surface area contributed by atoms with Crippen molar-refractivity contribution in [2.75, 3.05) is 13.1 Å². The first-order valence-corrected chi connectivity index (χ1v) is 8.21. The molecule has 0 unspecified atom stereocenters. The standard InChI is InChI=1S/C18H27F2N/c1-3-21-11-10-18(7-4-5-8-18)9-6-15-12-14(2)16(19)13-17(15)20/h12-13,21H,3-11H2,1-2H3. The van der Waals surface area contributed by atoms with Crippen molar-refractivity contribution in [2.45, 2.75) is 58.8 Å². The van der Waals surface area contributed by atoms with Gasteiger partial charge < -0.3 is 5.32 Å². The molecule has 21 heavy (non-hydrogen) atoms. The van der Waals surface area contributed by atoms with Crippen molar-refractivity contribution in [3.63, 3.8) is 0 Å². The van der Waals surface area contributed by atoms with Crippen molar-refractivity contribution in [1.82, 2.24) is 5.32 Å². The summed E-state index contributed by atoms with van der Waals surface area (Å²) in [6.45, 7) is 5.87. The van der Waals surface area contributed by atoms with Gasteiger partial charge in [0.05, 0.1) is 0 Å². The zero-order valence-corrected chi connectivity index (χ0v) is 13.3. The Morgan fingerprint density at radius 3 is 2.48 bits per heavy atom. The number of rotatable bonds is 7. The molecule has 0 spiro atoms. The fourth-order valence-electron chi connectivity index (χ4n) is 3.59. The second-order valence-corrected chi connectivity index (χ2v) is 6.50. The van der Waals surface area contributed by atoms with Crippen LogP contribution in [0.1, 0.15) is 56.6 Å². The van der Waals surface area contributed by atoms with Crippen molar-refractivity contribution in [2.24, 2.45) is 5.41 Å². The van der Waals surface area contributed by atoms with Crippen LogP contribution in [0.15, 0.2) is 12.1 Å². The maximum Gasteiger partial charge on any atom is 0.129 e. The van der Waals surface area contributed by atoms with Gasteiger partial charge in [0, 0.05) is 6.07 Å². The van der Waals surface area contributed by atoms with Crippen LogP contribution in [0, 0.1) is 24.0 Å². The Bertz CT molecular complexity index is 465. The maximum atomic E-state index is 13.9. The first kappa shape index (κ1) is 16.4. The summed E-state index contributed by atoms with van der Waals surface area (Å²) in [7, 11) is 0. The van der Waals surface area contributed by atoms with Gasteiger partial charge in [0.2, 0.25) is 0 Å². The largest absolute Gasteiger partial charge is 0.317 e. The highest BCUT2D eigenvalue weighted by Crippen LogP contribution is 2.44. The van der Waals surface area contributed by atoms with Crippen LogP contribution in [0.2, 0.25) is 0 Å². The first-order valence-electron chi connectivity index (χ1n) is 8.21. The number of benzene rings is 1. The van der Waals surface area contributed by atoms with E-state index >= 15 is 0 Å². The third kappa shape index (κ3) is 4.26. The predicted molar refractivity (Wildman–Crippen MR) is 83.5 cm³/mol. The topological polar surface area (TPSA) is 12.0 Å². The molecule has 1 aliphatic rings. The van der Waals surface area contributed by atoms with E-state index in [0.717, 1.165) is 32.0 Å². The summed E-state index contributed by atoms with van der Waals surface area (Å²) in [5.74, 6) is -0.836. The molecule has 2 rings (SSSR count). The molecule has 1 aromatic carbocycles. The lowest BCUT2D eigenvalue weighted by Gasteiger charge is -2.29. The van der Waals surface area contributed by atoms with E-state index < -0.39 is 11.6 Å².